The zero-order chi connectivity index (χ0) is 25.6. The van der Waals surface area contributed by atoms with Crippen molar-refractivity contribution >= 4 is 40.0 Å². The minimum atomic E-state index is -0.365. The summed E-state index contributed by atoms with van der Waals surface area (Å²) in [5.41, 5.74) is 5.12. The van der Waals surface area contributed by atoms with Crippen LogP contribution < -0.4 is 5.32 Å². The zero-order valence-electron chi connectivity index (χ0n) is 20.5. The molecular weight excluding hydrogens is 502 g/mol. The van der Waals surface area contributed by atoms with Gasteiger partial charge in [-0.2, -0.15) is 0 Å². The highest BCUT2D eigenvalue weighted by Gasteiger charge is 2.27. The SMILES string of the molecule is CCOC(=O)c1c(NC(=O)CSc2nc(-c3ccccc3)cc(-c3ccccc3)n2)sc2c1CCCC2. The van der Waals surface area contributed by atoms with E-state index in [0.717, 1.165) is 53.8 Å². The number of benzene rings is 2. The number of thioether (sulfide) groups is 1. The summed E-state index contributed by atoms with van der Waals surface area (Å²) in [7, 11) is 0. The van der Waals surface area contributed by atoms with Gasteiger partial charge in [0, 0.05) is 16.0 Å². The summed E-state index contributed by atoms with van der Waals surface area (Å²) in [5, 5.41) is 4.08. The average molecular weight is 530 g/mol. The van der Waals surface area contributed by atoms with Crippen molar-refractivity contribution in [2.45, 2.75) is 37.8 Å². The van der Waals surface area contributed by atoms with E-state index in [9.17, 15) is 9.59 Å². The molecule has 0 spiro atoms. The maximum atomic E-state index is 13.0. The van der Waals surface area contributed by atoms with E-state index in [1.54, 1.807) is 6.92 Å². The van der Waals surface area contributed by atoms with Crippen molar-refractivity contribution in [3.63, 3.8) is 0 Å². The predicted molar refractivity (Wildman–Crippen MR) is 149 cm³/mol. The van der Waals surface area contributed by atoms with Gasteiger partial charge in [-0.15, -0.1) is 11.3 Å². The number of carbonyl (C=O) groups excluding carboxylic acids is 2. The molecule has 8 heteroatoms. The van der Waals surface area contributed by atoms with Gasteiger partial charge < -0.3 is 10.1 Å². The van der Waals surface area contributed by atoms with E-state index in [1.165, 1.54) is 28.0 Å². The molecule has 0 atom stereocenters. The Balaban J connectivity index is 1.37. The van der Waals surface area contributed by atoms with Crippen LogP contribution in [0.3, 0.4) is 0 Å². The first-order valence-corrected chi connectivity index (χ1v) is 14.2. The van der Waals surface area contributed by atoms with Crippen LogP contribution in [0.2, 0.25) is 0 Å². The highest BCUT2D eigenvalue weighted by molar-refractivity contribution is 7.99. The summed E-state index contributed by atoms with van der Waals surface area (Å²) in [5.74, 6) is -0.447. The fourth-order valence-electron chi connectivity index (χ4n) is 4.37. The van der Waals surface area contributed by atoms with E-state index < -0.39 is 0 Å². The third kappa shape index (κ3) is 5.92. The first kappa shape index (κ1) is 25.2. The number of anilines is 1. The van der Waals surface area contributed by atoms with Crippen molar-refractivity contribution in [2.24, 2.45) is 0 Å². The van der Waals surface area contributed by atoms with Crippen LogP contribution in [0, 0.1) is 0 Å². The van der Waals surface area contributed by atoms with Crippen molar-refractivity contribution in [3.05, 3.63) is 82.7 Å². The first-order chi connectivity index (χ1) is 18.1. The highest BCUT2D eigenvalue weighted by atomic mass is 32.2. The van der Waals surface area contributed by atoms with Gasteiger partial charge in [-0.05, 0) is 44.2 Å². The topological polar surface area (TPSA) is 81.2 Å². The molecule has 0 saturated heterocycles. The maximum Gasteiger partial charge on any atom is 0.341 e. The largest absolute Gasteiger partial charge is 0.462 e. The molecule has 37 heavy (non-hydrogen) atoms. The molecule has 0 radical (unpaired) electrons. The Hall–Kier alpha value is -3.49. The number of hydrogen-bond donors (Lipinski definition) is 1. The Morgan fingerprint density at radius 3 is 2.19 bits per heavy atom. The number of thiophene rings is 1. The molecule has 6 nitrogen and oxygen atoms in total. The summed E-state index contributed by atoms with van der Waals surface area (Å²) in [6.07, 6.45) is 3.91. The van der Waals surface area contributed by atoms with Gasteiger partial charge in [-0.25, -0.2) is 14.8 Å². The molecule has 1 aliphatic rings. The Kier molecular flexibility index (Phi) is 7.96. The lowest BCUT2D eigenvalue weighted by atomic mass is 9.95. The van der Waals surface area contributed by atoms with Gasteiger partial charge in [-0.1, -0.05) is 72.4 Å². The van der Waals surface area contributed by atoms with Crippen LogP contribution in [-0.4, -0.2) is 34.2 Å². The summed E-state index contributed by atoms with van der Waals surface area (Å²) in [4.78, 5) is 36.4. The Morgan fingerprint density at radius 2 is 1.57 bits per heavy atom. The van der Waals surface area contributed by atoms with Gasteiger partial charge in [0.15, 0.2) is 5.16 Å². The lowest BCUT2D eigenvalue weighted by Gasteiger charge is -2.12. The summed E-state index contributed by atoms with van der Waals surface area (Å²) < 4.78 is 5.31. The number of fused-ring (bicyclic) bond motifs is 1. The van der Waals surface area contributed by atoms with E-state index >= 15 is 0 Å². The normalized spacial score (nSPS) is 12.6. The van der Waals surface area contributed by atoms with Gasteiger partial charge in [0.2, 0.25) is 5.91 Å². The van der Waals surface area contributed by atoms with Crippen molar-refractivity contribution < 1.29 is 14.3 Å². The fraction of sp³-hybridized carbons (Fsp3) is 0.241. The standard InChI is InChI=1S/C29H27N3O3S2/c1-2-35-28(34)26-21-15-9-10-16-24(21)37-27(26)32-25(33)18-36-29-30-22(19-11-5-3-6-12-19)17-23(31-29)20-13-7-4-8-14-20/h3-8,11-14,17H,2,9-10,15-16,18H2,1H3,(H,32,33). The molecule has 0 unspecified atom stereocenters. The third-order valence-corrected chi connectivity index (χ3v) is 8.14. The van der Waals surface area contributed by atoms with Crippen molar-refractivity contribution in [3.8, 4) is 22.5 Å². The number of hydrogen-bond acceptors (Lipinski definition) is 7. The molecule has 2 aromatic carbocycles. The van der Waals surface area contributed by atoms with Gasteiger partial charge in [-0.3, -0.25) is 4.79 Å². The van der Waals surface area contributed by atoms with Crippen molar-refractivity contribution in [2.75, 3.05) is 17.7 Å². The van der Waals surface area contributed by atoms with Crippen LogP contribution >= 0.6 is 23.1 Å². The molecule has 2 heterocycles. The van der Waals surface area contributed by atoms with Crippen molar-refractivity contribution in [1.82, 2.24) is 9.97 Å². The minimum absolute atomic E-state index is 0.122. The van der Waals surface area contributed by atoms with E-state index in [1.807, 2.05) is 66.7 Å². The molecular formula is C29H27N3O3S2. The van der Waals surface area contributed by atoms with Gasteiger partial charge in [0.25, 0.3) is 0 Å². The van der Waals surface area contributed by atoms with Crippen LogP contribution in [-0.2, 0) is 22.4 Å². The second-order valence-electron chi connectivity index (χ2n) is 8.63. The van der Waals surface area contributed by atoms with Crippen LogP contribution in [0.15, 0.2) is 71.9 Å². The number of esters is 1. The summed E-state index contributed by atoms with van der Waals surface area (Å²) in [6.45, 7) is 2.09. The van der Waals surface area contributed by atoms with Crippen LogP contribution in [0.5, 0.6) is 0 Å². The number of aromatic nitrogens is 2. The number of nitrogens with zero attached hydrogens (tertiary/aromatic N) is 2. The number of aryl methyl sites for hydroxylation is 1. The van der Waals surface area contributed by atoms with Crippen molar-refractivity contribution in [1.29, 1.82) is 0 Å². The molecule has 0 fully saturated rings. The number of carbonyl (C=O) groups is 2. The quantitative estimate of drug-likeness (QED) is 0.156. The van der Waals surface area contributed by atoms with Gasteiger partial charge in [0.05, 0.1) is 29.3 Å². The first-order valence-electron chi connectivity index (χ1n) is 12.4. The third-order valence-electron chi connectivity index (χ3n) is 6.08. The molecule has 0 aliphatic heterocycles. The zero-order valence-corrected chi connectivity index (χ0v) is 22.2. The Labute approximate surface area is 224 Å². The van der Waals surface area contributed by atoms with Gasteiger partial charge in [0.1, 0.15) is 5.00 Å². The molecule has 1 amide bonds. The van der Waals surface area contributed by atoms with E-state index in [-0.39, 0.29) is 17.6 Å². The van der Waals surface area contributed by atoms with E-state index in [4.69, 9.17) is 14.7 Å². The number of amides is 1. The smallest absolute Gasteiger partial charge is 0.341 e. The van der Waals surface area contributed by atoms with E-state index in [0.29, 0.717) is 22.3 Å². The number of nitrogens with one attached hydrogen (secondary N) is 1. The van der Waals surface area contributed by atoms with Crippen LogP contribution in [0.25, 0.3) is 22.5 Å². The van der Waals surface area contributed by atoms with Crippen LogP contribution in [0.1, 0.15) is 40.6 Å². The number of rotatable bonds is 8. The minimum Gasteiger partial charge on any atom is -0.462 e. The molecule has 0 bridgehead atoms. The molecule has 1 aliphatic carbocycles. The monoisotopic (exact) mass is 529 g/mol. The molecule has 0 saturated carbocycles. The Morgan fingerprint density at radius 1 is 0.946 bits per heavy atom. The lowest BCUT2D eigenvalue weighted by molar-refractivity contribution is -0.113. The molecule has 5 rings (SSSR count). The van der Waals surface area contributed by atoms with Crippen LogP contribution in [0.4, 0.5) is 5.00 Å². The average Bonchev–Trinajstić information content (AvgIpc) is 3.30. The van der Waals surface area contributed by atoms with Gasteiger partial charge >= 0.3 is 5.97 Å². The maximum absolute atomic E-state index is 13.0. The molecule has 1 N–H and O–H groups in total. The second kappa shape index (κ2) is 11.7. The van der Waals surface area contributed by atoms with E-state index in [2.05, 4.69) is 5.32 Å². The molecule has 4 aromatic rings. The summed E-state index contributed by atoms with van der Waals surface area (Å²) in [6, 6.07) is 21.8. The second-order valence-corrected chi connectivity index (χ2v) is 10.7. The fourth-order valence-corrected chi connectivity index (χ4v) is 6.32. The molecule has 188 valence electrons. The lowest BCUT2D eigenvalue weighted by Crippen LogP contribution is -2.17. The molecule has 2 aromatic heterocycles. The highest BCUT2D eigenvalue weighted by Crippen LogP contribution is 2.39. The summed E-state index contributed by atoms with van der Waals surface area (Å²) >= 11 is 2.77. The predicted octanol–water partition coefficient (Wildman–Crippen LogP) is 6.66. The Bertz CT molecular complexity index is 1350. The number of ether oxygens (including phenoxy) is 1.